The molecular weight excluding hydrogens is 331 g/mol. The third-order valence-electron chi connectivity index (χ3n) is 3.01. The number of halogens is 1. The Hall–Kier alpha value is -0.980. The highest BCUT2D eigenvalue weighted by atomic mass is 127. The van der Waals surface area contributed by atoms with E-state index in [1.807, 2.05) is 0 Å². The number of amides is 1. The molecule has 1 aliphatic heterocycles. The Morgan fingerprint density at radius 3 is 2.41 bits per heavy atom. The number of rotatable bonds is 2. The number of hydrogen-bond acceptors (Lipinski definition) is 2. The second-order valence-electron chi connectivity index (χ2n) is 4.19. The Balaban J connectivity index is 1.90. The summed E-state index contributed by atoms with van der Waals surface area (Å²) in [5.41, 5.74) is 1.22. The minimum Gasteiger partial charge on any atom is -0.465 e. The van der Waals surface area contributed by atoms with Gasteiger partial charge in [0, 0.05) is 28.4 Å². The first kappa shape index (κ1) is 12.5. The normalized spacial score (nSPS) is 16.9. The summed E-state index contributed by atoms with van der Waals surface area (Å²) in [6, 6.07) is 8.53. The Labute approximate surface area is 114 Å². The molecule has 0 aromatic heterocycles. The minimum absolute atomic E-state index is 0.104. The standard InChI is InChI=1S/C12H15IN2O2/c13-9-1-3-11(4-2-9)15-7-5-10(6-8-15)14-12(16)17/h1-4,10,14H,5-8H2,(H,16,17). The first-order chi connectivity index (χ1) is 8.15. The fraction of sp³-hybridized carbons (Fsp3) is 0.417. The minimum atomic E-state index is -0.919. The summed E-state index contributed by atoms with van der Waals surface area (Å²) >= 11 is 2.29. The van der Waals surface area contributed by atoms with Crippen molar-refractivity contribution in [2.24, 2.45) is 0 Å². The fourth-order valence-corrected chi connectivity index (χ4v) is 2.47. The van der Waals surface area contributed by atoms with Gasteiger partial charge in [-0.05, 0) is 59.7 Å². The maximum atomic E-state index is 10.5. The topological polar surface area (TPSA) is 52.6 Å². The molecule has 0 unspecified atom stereocenters. The quantitative estimate of drug-likeness (QED) is 0.810. The van der Waals surface area contributed by atoms with Gasteiger partial charge in [-0.25, -0.2) is 4.79 Å². The highest BCUT2D eigenvalue weighted by Gasteiger charge is 2.20. The van der Waals surface area contributed by atoms with Crippen LogP contribution in [0, 0.1) is 3.57 Å². The van der Waals surface area contributed by atoms with Crippen molar-refractivity contribution in [3.63, 3.8) is 0 Å². The summed E-state index contributed by atoms with van der Waals surface area (Å²) in [6.07, 6.45) is 0.828. The average Bonchev–Trinajstić information content (AvgIpc) is 2.30. The van der Waals surface area contributed by atoms with Crippen molar-refractivity contribution >= 4 is 34.4 Å². The van der Waals surface area contributed by atoms with Crippen LogP contribution in [0.4, 0.5) is 10.5 Å². The van der Waals surface area contributed by atoms with Crippen LogP contribution in [0.5, 0.6) is 0 Å². The van der Waals surface area contributed by atoms with Gasteiger partial charge in [0.05, 0.1) is 0 Å². The predicted octanol–water partition coefficient (Wildman–Crippen LogP) is 2.53. The van der Waals surface area contributed by atoms with Gasteiger partial charge in [0.15, 0.2) is 0 Å². The Kier molecular flexibility index (Phi) is 4.09. The number of carbonyl (C=O) groups is 1. The molecule has 0 atom stereocenters. The molecule has 17 heavy (non-hydrogen) atoms. The van der Waals surface area contributed by atoms with Crippen LogP contribution in [-0.2, 0) is 0 Å². The summed E-state index contributed by atoms with van der Waals surface area (Å²) in [5.74, 6) is 0. The Morgan fingerprint density at radius 1 is 1.29 bits per heavy atom. The lowest BCUT2D eigenvalue weighted by atomic mass is 10.0. The lowest BCUT2D eigenvalue weighted by Gasteiger charge is -2.33. The van der Waals surface area contributed by atoms with Crippen molar-refractivity contribution in [2.75, 3.05) is 18.0 Å². The SMILES string of the molecule is O=C(O)NC1CCN(c2ccc(I)cc2)CC1. The highest BCUT2D eigenvalue weighted by molar-refractivity contribution is 14.1. The van der Waals surface area contributed by atoms with Gasteiger partial charge >= 0.3 is 6.09 Å². The molecule has 2 rings (SSSR count). The lowest BCUT2D eigenvalue weighted by Crippen LogP contribution is -2.44. The van der Waals surface area contributed by atoms with Crippen molar-refractivity contribution in [3.05, 3.63) is 27.8 Å². The average molecular weight is 346 g/mol. The number of anilines is 1. The zero-order chi connectivity index (χ0) is 12.3. The van der Waals surface area contributed by atoms with E-state index >= 15 is 0 Å². The third kappa shape index (κ3) is 3.49. The number of piperidine rings is 1. The molecule has 1 saturated heterocycles. The van der Waals surface area contributed by atoms with Crippen molar-refractivity contribution in [3.8, 4) is 0 Å². The zero-order valence-electron chi connectivity index (χ0n) is 9.40. The summed E-state index contributed by atoms with van der Waals surface area (Å²) in [4.78, 5) is 12.8. The Bertz CT molecular complexity index is 386. The monoisotopic (exact) mass is 346 g/mol. The van der Waals surface area contributed by atoms with E-state index in [1.54, 1.807) is 0 Å². The summed E-state index contributed by atoms with van der Waals surface area (Å²) < 4.78 is 1.23. The van der Waals surface area contributed by atoms with E-state index in [-0.39, 0.29) is 6.04 Å². The van der Waals surface area contributed by atoms with Crippen molar-refractivity contribution < 1.29 is 9.90 Å². The molecule has 1 aromatic rings. The second-order valence-corrected chi connectivity index (χ2v) is 5.43. The third-order valence-corrected chi connectivity index (χ3v) is 3.73. The van der Waals surface area contributed by atoms with E-state index in [0.29, 0.717) is 0 Å². The molecule has 92 valence electrons. The number of nitrogens with zero attached hydrogens (tertiary/aromatic N) is 1. The van der Waals surface area contributed by atoms with Crippen molar-refractivity contribution in [1.29, 1.82) is 0 Å². The van der Waals surface area contributed by atoms with Crippen LogP contribution in [0.15, 0.2) is 24.3 Å². The molecule has 2 N–H and O–H groups in total. The molecule has 1 aliphatic rings. The summed E-state index contributed by atoms with van der Waals surface area (Å²) in [5, 5.41) is 11.2. The molecule has 0 radical (unpaired) electrons. The van der Waals surface area contributed by atoms with Crippen LogP contribution in [-0.4, -0.2) is 30.3 Å². The summed E-state index contributed by atoms with van der Waals surface area (Å²) in [6.45, 7) is 1.82. The van der Waals surface area contributed by atoms with E-state index in [4.69, 9.17) is 5.11 Å². The van der Waals surface area contributed by atoms with Gasteiger partial charge in [-0.1, -0.05) is 0 Å². The van der Waals surface area contributed by atoms with Crippen LogP contribution in [0.2, 0.25) is 0 Å². The number of carboxylic acid groups (broad SMARTS) is 1. The van der Waals surface area contributed by atoms with E-state index in [0.717, 1.165) is 25.9 Å². The maximum Gasteiger partial charge on any atom is 0.404 e. The first-order valence-electron chi connectivity index (χ1n) is 5.65. The highest BCUT2D eigenvalue weighted by Crippen LogP contribution is 2.20. The first-order valence-corrected chi connectivity index (χ1v) is 6.73. The van der Waals surface area contributed by atoms with Crippen LogP contribution < -0.4 is 10.2 Å². The van der Waals surface area contributed by atoms with Gasteiger partial charge in [0.1, 0.15) is 0 Å². The molecule has 1 heterocycles. The molecule has 1 fully saturated rings. The smallest absolute Gasteiger partial charge is 0.404 e. The van der Waals surface area contributed by atoms with Gasteiger partial charge < -0.3 is 15.3 Å². The molecule has 0 bridgehead atoms. The number of hydrogen-bond donors (Lipinski definition) is 2. The molecule has 4 nitrogen and oxygen atoms in total. The lowest BCUT2D eigenvalue weighted by molar-refractivity contribution is 0.187. The molecule has 0 saturated carbocycles. The second kappa shape index (κ2) is 5.57. The molecule has 1 amide bonds. The summed E-state index contributed by atoms with van der Waals surface area (Å²) in [7, 11) is 0. The van der Waals surface area contributed by atoms with Gasteiger partial charge in [0.2, 0.25) is 0 Å². The van der Waals surface area contributed by atoms with Gasteiger partial charge in [-0.15, -0.1) is 0 Å². The van der Waals surface area contributed by atoms with Gasteiger partial charge in [0.25, 0.3) is 0 Å². The van der Waals surface area contributed by atoms with Crippen LogP contribution >= 0.6 is 22.6 Å². The molecule has 0 aliphatic carbocycles. The van der Waals surface area contributed by atoms with E-state index in [9.17, 15) is 4.79 Å². The van der Waals surface area contributed by atoms with Crippen LogP contribution in [0.25, 0.3) is 0 Å². The van der Waals surface area contributed by atoms with Crippen molar-refractivity contribution in [2.45, 2.75) is 18.9 Å². The molecule has 0 spiro atoms. The largest absolute Gasteiger partial charge is 0.465 e. The number of nitrogens with one attached hydrogen (secondary N) is 1. The molecule has 5 heteroatoms. The van der Waals surface area contributed by atoms with E-state index < -0.39 is 6.09 Å². The van der Waals surface area contributed by atoms with Crippen molar-refractivity contribution in [1.82, 2.24) is 5.32 Å². The zero-order valence-corrected chi connectivity index (χ0v) is 11.6. The van der Waals surface area contributed by atoms with Crippen LogP contribution in [0.3, 0.4) is 0 Å². The number of benzene rings is 1. The Morgan fingerprint density at radius 2 is 1.88 bits per heavy atom. The van der Waals surface area contributed by atoms with Crippen LogP contribution in [0.1, 0.15) is 12.8 Å². The molecular formula is C12H15IN2O2. The van der Waals surface area contributed by atoms with E-state index in [1.165, 1.54) is 9.26 Å². The maximum absolute atomic E-state index is 10.5. The van der Waals surface area contributed by atoms with Gasteiger partial charge in [-0.3, -0.25) is 0 Å². The predicted molar refractivity (Wildman–Crippen MR) is 75.6 cm³/mol. The molecule has 1 aromatic carbocycles. The van der Waals surface area contributed by atoms with Gasteiger partial charge in [-0.2, -0.15) is 0 Å². The fourth-order valence-electron chi connectivity index (χ4n) is 2.11. The van der Waals surface area contributed by atoms with E-state index in [2.05, 4.69) is 57.1 Å².